The molecule has 1 saturated heterocycles. The van der Waals surface area contributed by atoms with Crippen LogP contribution in [0.5, 0.6) is 0 Å². The fourth-order valence-electron chi connectivity index (χ4n) is 1.94. The molecule has 0 bridgehead atoms. The van der Waals surface area contributed by atoms with Gasteiger partial charge in [0, 0.05) is 0 Å². The number of ether oxygens (including phenoxy) is 2. The van der Waals surface area contributed by atoms with Crippen molar-refractivity contribution >= 4 is 5.97 Å². The minimum absolute atomic E-state index is 0.243. The van der Waals surface area contributed by atoms with E-state index in [1.807, 2.05) is 45.0 Å². The number of carbonyl (C=O) groups is 1. The molecular formula is C15H20O4. The molecule has 1 aromatic carbocycles. The van der Waals surface area contributed by atoms with Gasteiger partial charge in [-0.15, -0.1) is 0 Å². The van der Waals surface area contributed by atoms with Gasteiger partial charge in [-0.1, -0.05) is 24.3 Å². The van der Waals surface area contributed by atoms with Crippen molar-refractivity contribution in [3.8, 4) is 0 Å². The lowest BCUT2D eigenvalue weighted by Gasteiger charge is -2.36. The molecule has 0 aliphatic carbocycles. The van der Waals surface area contributed by atoms with Crippen molar-refractivity contribution in [2.24, 2.45) is 0 Å². The van der Waals surface area contributed by atoms with Crippen LogP contribution in [0.4, 0.5) is 0 Å². The highest BCUT2D eigenvalue weighted by Gasteiger charge is 2.37. The highest BCUT2D eigenvalue weighted by molar-refractivity contribution is 5.73. The largest absolute Gasteiger partial charge is 0.460 e. The van der Waals surface area contributed by atoms with Crippen molar-refractivity contribution < 1.29 is 19.4 Å². The van der Waals surface area contributed by atoms with Gasteiger partial charge in [-0.25, -0.2) is 0 Å². The van der Waals surface area contributed by atoms with Crippen LogP contribution in [0, 0.1) is 0 Å². The first kappa shape index (κ1) is 14.0. The predicted octanol–water partition coefficient (Wildman–Crippen LogP) is 1.79. The van der Waals surface area contributed by atoms with E-state index in [9.17, 15) is 9.90 Å². The second-order valence-electron chi connectivity index (χ2n) is 5.98. The maximum absolute atomic E-state index is 11.7. The first-order valence-electron chi connectivity index (χ1n) is 6.40. The Bertz CT molecular complexity index is 452. The molecule has 0 saturated carbocycles. The van der Waals surface area contributed by atoms with Crippen molar-refractivity contribution in [2.75, 3.05) is 13.2 Å². The van der Waals surface area contributed by atoms with Crippen LogP contribution in [0.25, 0.3) is 0 Å². The SMILES string of the molecule is CC(C)(C)OC(=O)Cc1ccc(C2(O)COC2)cc1. The number of esters is 1. The molecule has 0 unspecified atom stereocenters. The number of benzene rings is 1. The standard InChI is InChI=1S/C15H20O4/c1-14(2,3)19-13(16)8-11-4-6-12(7-5-11)15(17)9-18-10-15/h4-7,17H,8-10H2,1-3H3. The fraction of sp³-hybridized carbons (Fsp3) is 0.533. The van der Waals surface area contributed by atoms with Crippen molar-refractivity contribution in [3.63, 3.8) is 0 Å². The summed E-state index contributed by atoms with van der Waals surface area (Å²) in [7, 11) is 0. The van der Waals surface area contributed by atoms with E-state index in [-0.39, 0.29) is 12.4 Å². The Morgan fingerprint density at radius 1 is 1.32 bits per heavy atom. The number of aliphatic hydroxyl groups is 1. The lowest BCUT2D eigenvalue weighted by Crippen LogP contribution is -2.46. The van der Waals surface area contributed by atoms with Gasteiger partial charge in [-0.3, -0.25) is 4.79 Å². The van der Waals surface area contributed by atoms with Gasteiger partial charge in [0.2, 0.25) is 0 Å². The summed E-state index contributed by atoms with van der Waals surface area (Å²) in [5.74, 6) is -0.245. The van der Waals surface area contributed by atoms with Gasteiger partial charge in [0.1, 0.15) is 11.2 Å². The summed E-state index contributed by atoms with van der Waals surface area (Å²) in [5, 5.41) is 10.1. The van der Waals surface area contributed by atoms with E-state index in [0.29, 0.717) is 13.2 Å². The number of carbonyl (C=O) groups excluding carboxylic acids is 1. The molecule has 0 spiro atoms. The second-order valence-corrected chi connectivity index (χ2v) is 5.98. The molecule has 1 N–H and O–H groups in total. The van der Waals surface area contributed by atoms with E-state index in [2.05, 4.69) is 0 Å². The summed E-state index contributed by atoms with van der Waals surface area (Å²) in [4.78, 5) is 11.7. The van der Waals surface area contributed by atoms with Crippen LogP contribution < -0.4 is 0 Å². The Labute approximate surface area is 113 Å². The summed E-state index contributed by atoms with van der Waals surface area (Å²) in [6.07, 6.45) is 0.243. The van der Waals surface area contributed by atoms with Crippen molar-refractivity contribution in [3.05, 3.63) is 35.4 Å². The van der Waals surface area contributed by atoms with E-state index in [0.717, 1.165) is 11.1 Å². The van der Waals surface area contributed by atoms with Crippen LogP contribution in [-0.2, 0) is 26.3 Å². The second kappa shape index (κ2) is 4.94. The molecule has 0 aromatic heterocycles. The maximum atomic E-state index is 11.7. The van der Waals surface area contributed by atoms with Crippen LogP contribution in [-0.4, -0.2) is 29.9 Å². The van der Waals surface area contributed by atoms with Gasteiger partial charge in [0.15, 0.2) is 0 Å². The van der Waals surface area contributed by atoms with Gasteiger partial charge in [-0.2, -0.15) is 0 Å². The summed E-state index contributed by atoms with van der Waals surface area (Å²) in [6, 6.07) is 7.36. The van der Waals surface area contributed by atoms with Crippen molar-refractivity contribution in [2.45, 2.75) is 38.4 Å². The van der Waals surface area contributed by atoms with Crippen LogP contribution in [0.15, 0.2) is 24.3 Å². The molecule has 4 nitrogen and oxygen atoms in total. The molecule has 19 heavy (non-hydrogen) atoms. The molecule has 1 aliphatic heterocycles. The quantitative estimate of drug-likeness (QED) is 0.846. The maximum Gasteiger partial charge on any atom is 0.310 e. The van der Waals surface area contributed by atoms with Crippen LogP contribution in [0.2, 0.25) is 0 Å². The smallest absolute Gasteiger partial charge is 0.310 e. The van der Waals surface area contributed by atoms with Gasteiger partial charge < -0.3 is 14.6 Å². The van der Waals surface area contributed by atoms with Crippen LogP contribution >= 0.6 is 0 Å². The highest BCUT2D eigenvalue weighted by atomic mass is 16.6. The Balaban J connectivity index is 1.97. The Morgan fingerprint density at radius 2 is 1.89 bits per heavy atom. The number of rotatable bonds is 3. The van der Waals surface area contributed by atoms with Crippen molar-refractivity contribution in [1.29, 1.82) is 0 Å². The molecule has 1 aromatic rings. The monoisotopic (exact) mass is 264 g/mol. The van der Waals surface area contributed by atoms with E-state index in [1.165, 1.54) is 0 Å². The topological polar surface area (TPSA) is 55.8 Å². The minimum Gasteiger partial charge on any atom is -0.460 e. The third-order valence-electron chi connectivity index (χ3n) is 2.94. The van der Waals surface area contributed by atoms with Crippen molar-refractivity contribution in [1.82, 2.24) is 0 Å². The fourth-order valence-corrected chi connectivity index (χ4v) is 1.94. The zero-order valence-corrected chi connectivity index (χ0v) is 11.6. The number of hydrogen-bond acceptors (Lipinski definition) is 4. The lowest BCUT2D eigenvalue weighted by molar-refractivity contribution is -0.184. The zero-order valence-electron chi connectivity index (χ0n) is 11.6. The Kier molecular flexibility index (Phi) is 3.65. The zero-order chi connectivity index (χ0) is 14.1. The average Bonchev–Trinajstić information content (AvgIpc) is 2.24. The van der Waals surface area contributed by atoms with E-state index in [1.54, 1.807) is 0 Å². The van der Waals surface area contributed by atoms with E-state index >= 15 is 0 Å². The highest BCUT2D eigenvalue weighted by Crippen LogP contribution is 2.29. The average molecular weight is 264 g/mol. The van der Waals surface area contributed by atoms with Crippen LogP contribution in [0.3, 0.4) is 0 Å². The molecule has 0 amide bonds. The van der Waals surface area contributed by atoms with E-state index in [4.69, 9.17) is 9.47 Å². The molecular weight excluding hydrogens is 244 g/mol. The Hall–Kier alpha value is -1.39. The Morgan fingerprint density at radius 3 is 2.32 bits per heavy atom. The molecule has 104 valence electrons. The van der Waals surface area contributed by atoms with Gasteiger partial charge >= 0.3 is 5.97 Å². The minimum atomic E-state index is -0.857. The molecule has 1 fully saturated rings. The van der Waals surface area contributed by atoms with Crippen LogP contribution in [0.1, 0.15) is 31.9 Å². The predicted molar refractivity (Wildman–Crippen MR) is 70.7 cm³/mol. The van der Waals surface area contributed by atoms with Gasteiger partial charge in [0.05, 0.1) is 19.6 Å². The molecule has 0 radical (unpaired) electrons. The molecule has 1 heterocycles. The summed E-state index contributed by atoms with van der Waals surface area (Å²) >= 11 is 0. The number of hydrogen-bond donors (Lipinski definition) is 1. The summed E-state index contributed by atoms with van der Waals surface area (Å²) in [5.41, 5.74) is 0.383. The normalized spacial score (nSPS) is 17.7. The summed E-state index contributed by atoms with van der Waals surface area (Å²) < 4.78 is 10.3. The van der Waals surface area contributed by atoms with E-state index < -0.39 is 11.2 Å². The molecule has 1 aliphatic rings. The third-order valence-corrected chi connectivity index (χ3v) is 2.94. The molecule has 2 rings (SSSR count). The first-order valence-corrected chi connectivity index (χ1v) is 6.40. The lowest BCUT2D eigenvalue weighted by atomic mass is 9.91. The summed E-state index contributed by atoms with van der Waals surface area (Å²) in [6.45, 7) is 6.21. The first-order chi connectivity index (χ1) is 8.78. The molecule has 0 atom stereocenters. The third kappa shape index (κ3) is 3.55. The van der Waals surface area contributed by atoms with Gasteiger partial charge in [-0.05, 0) is 31.9 Å². The van der Waals surface area contributed by atoms with Gasteiger partial charge in [0.25, 0.3) is 0 Å². The molecule has 4 heteroatoms.